The molecule has 0 aliphatic heterocycles. The Hall–Kier alpha value is -3.08. The lowest BCUT2D eigenvalue weighted by Gasteiger charge is -2.05. The molecule has 160 valence electrons. The predicted molar refractivity (Wildman–Crippen MR) is 130 cm³/mol. The Kier molecular flexibility index (Phi) is 5.50. The van der Waals surface area contributed by atoms with Crippen LogP contribution in [0.2, 0.25) is 0 Å². The molecule has 0 unspecified atom stereocenters. The fourth-order valence-corrected chi connectivity index (χ4v) is 5.96. The van der Waals surface area contributed by atoms with Gasteiger partial charge < -0.3 is 5.32 Å². The minimum atomic E-state index is -0.173. The Balaban J connectivity index is 1.32. The number of carbonyl (C=O) groups is 1. The number of aryl methyl sites for hydroxylation is 2. The molecule has 0 aliphatic rings. The van der Waals surface area contributed by atoms with Crippen molar-refractivity contribution in [2.24, 2.45) is 0 Å². The summed E-state index contributed by atoms with van der Waals surface area (Å²) in [4.78, 5) is 34.5. The normalized spacial score (nSPS) is 11.3. The van der Waals surface area contributed by atoms with Gasteiger partial charge in [0.2, 0.25) is 4.96 Å². The molecule has 0 radical (unpaired) electrons. The summed E-state index contributed by atoms with van der Waals surface area (Å²) in [5.74, 6) is 0.401. The summed E-state index contributed by atoms with van der Waals surface area (Å²) in [5, 5.41) is 7.92. The van der Waals surface area contributed by atoms with Crippen molar-refractivity contribution >= 4 is 61.2 Å². The number of thioether (sulfide) groups is 1. The van der Waals surface area contributed by atoms with Crippen LogP contribution in [0.1, 0.15) is 26.6 Å². The van der Waals surface area contributed by atoms with Gasteiger partial charge in [-0.2, -0.15) is 9.61 Å². The number of hydrogen-bond donors (Lipinski definition) is 1. The van der Waals surface area contributed by atoms with Crippen molar-refractivity contribution in [2.75, 3.05) is 5.32 Å². The highest BCUT2D eigenvalue weighted by atomic mass is 32.2. The van der Waals surface area contributed by atoms with Crippen LogP contribution in [-0.4, -0.2) is 25.5 Å². The van der Waals surface area contributed by atoms with E-state index in [1.54, 1.807) is 17.4 Å². The Morgan fingerprint density at radius 3 is 2.81 bits per heavy atom. The number of fused-ring (bicyclic) bond motifs is 2. The van der Waals surface area contributed by atoms with Gasteiger partial charge in [0.05, 0.1) is 15.9 Å². The van der Waals surface area contributed by atoms with E-state index in [4.69, 9.17) is 0 Å². The van der Waals surface area contributed by atoms with Gasteiger partial charge in [0.1, 0.15) is 5.01 Å². The molecule has 5 rings (SSSR count). The highest BCUT2D eigenvalue weighted by molar-refractivity contribution is 8.00. The Morgan fingerprint density at radius 2 is 1.97 bits per heavy atom. The van der Waals surface area contributed by atoms with Gasteiger partial charge in [-0.3, -0.25) is 9.59 Å². The van der Waals surface area contributed by atoms with Crippen LogP contribution in [-0.2, 0) is 5.75 Å². The van der Waals surface area contributed by atoms with Crippen molar-refractivity contribution in [1.29, 1.82) is 0 Å². The van der Waals surface area contributed by atoms with Gasteiger partial charge in [0.25, 0.3) is 11.5 Å². The largest absolute Gasteiger partial charge is 0.322 e. The van der Waals surface area contributed by atoms with Crippen molar-refractivity contribution in [3.05, 3.63) is 80.7 Å². The molecule has 2 aromatic carbocycles. The lowest BCUT2D eigenvalue weighted by molar-refractivity contribution is 0.102. The molecule has 0 aliphatic carbocycles. The summed E-state index contributed by atoms with van der Waals surface area (Å²) < 4.78 is 3.19. The van der Waals surface area contributed by atoms with E-state index in [-0.39, 0.29) is 11.5 Å². The number of rotatable bonds is 5. The lowest BCUT2D eigenvalue weighted by atomic mass is 10.1. The number of nitrogens with one attached hydrogen (secondary N) is 1. The maximum absolute atomic E-state index is 12.5. The molecule has 1 N–H and O–H groups in total. The third kappa shape index (κ3) is 4.29. The zero-order valence-electron chi connectivity index (χ0n) is 17.2. The van der Waals surface area contributed by atoms with E-state index in [1.165, 1.54) is 33.7 Å². The predicted octanol–water partition coefficient (Wildman–Crippen LogP) is 4.92. The van der Waals surface area contributed by atoms with E-state index in [9.17, 15) is 9.59 Å². The molecule has 0 saturated carbocycles. The molecule has 32 heavy (non-hydrogen) atoms. The van der Waals surface area contributed by atoms with Gasteiger partial charge in [-0.1, -0.05) is 40.8 Å². The highest BCUT2D eigenvalue weighted by Gasteiger charge is 2.11. The van der Waals surface area contributed by atoms with Crippen LogP contribution in [0, 0.1) is 13.8 Å². The lowest BCUT2D eigenvalue weighted by Crippen LogP contribution is -2.15. The number of nitrogens with zero attached hydrogens (tertiary/aromatic N) is 4. The minimum Gasteiger partial charge on any atom is -0.322 e. The molecule has 3 heterocycles. The van der Waals surface area contributed by atoms with Crippen LogP contribution in [0.3, 0.4) is 0 Å². The first-order chi connectivity index (χ1) is 15.4. The molecule has 5 aromatic rings. The SMILES string of the molecule is Cc1cccc(C(=O)Nc2ccc3nc(SCc4cc(=O)n5nc(C)sc5n4)sc3c2)c1. The summed E-state index contributed by atoms with van der Waals surface area (Å²) in [6, 6.07) is 14.7. The number of hydrogen-bond acceptors (Lipinski definition) is 8. The first-order valence-electron chi connectivity index (χ1n) is 9.72. The van der Waals surface area contributed by atoms with Crippen LogP contribution in [0.5, 0.6) is 0 Å². The van der Waals surface area contributed by atoms with Crippen molar-refractivity contribution in [3.63, 3.8) is 0 Å². The standard InChI is InChI=1S/C22H17N5O2S3/c1-12-4-3-5-14(8-12)20(29)23-15-6-7-17-18(9-15)32-22(25-17)30-11-16-10-19(28)27-21(24-16)31-13(2)26-27/h3-10H,11H2,1-2H3,(H,23,29). The van der Waals surface area contributed by atoms with E-state index in [2.05, 4.69) is 20.4 Å². The third-order valence-corrected chi connectivity index (χ3v) is 7.67. The number of amides is 1. The summed E-state index contributed by atoms with van der Waals surface area (Å²) in [7, 11) is 0. The number of carbonyl (C=O) groups excluding carboxylic acids is 1. The third-order valence-electron chi connectivity index (χ3n) is 4.65. The molecule has 10 heteroatoms. The minimum absolute atomic E-state index is 0.141. The molecular weight excluding hydrogens is 462 g/mol. The van der Waals surface area contributed by atoms with Gasteiger partial charge in [-0.15, -0.1) is 11.3 Å². The van der Waals surface area contributed by atoms with Crippen LogP contribution in [0.4, 0.5) is 5.69 Å². The second-order valence-electron chi connectivity index (χ2n) is 7.18. The van der Waals surface area contributed by atoms with E-state index in [0.717, 1.165) is 30.8 Å². The van der Waals surface area contributed by atoms with Gasteiger partial charge in [-0.05, 0) is 44.2 Å². The second kappa shape index (κ2) is 8.45. The van der Waals surface area contributed by atoms with E-state index in [1.807, 2.05) is 50.2 Å². The Bertz CT molecular complexity index is 1540. The summed E-state index contributed by atoms with van der Waals surface area (Å²) >= 11 is 4.48. The van der Waals surface area contributed by atoms with Gasteiger partial charge in [0.15, 0.2) is 4.34 Å². The average Bonchev–Trinajstić information content (AvgIpc) is 3.34. The van der Waals surface area contributed by atoms with Gasteiger partial charge >= 0.3 is 0 Å². The van der Waals surface area contributed by atoms with E-state index in [0.29, 0.717) is 22.0 Å². The van der Waals surface area contributed by atoms with Crippen LogP contribution in [0.15, 0.2) is 57.7 Å². The molecule has 3 aromatic heterocycles. The Labute approximate surface area is 195 Å². The quantitative estimate of drug-likeness (QED) is 0.360. The topological polar surface area (TPSA) is 89.2 Å². The molecule has 0 bridgehead atoms. The highest BCUT2D eigenvalue weighted by Crippen LogP contribution is 2.32. The fraction of sp³-hybridized carbons (Fsp3) is 0.136. The van der Waals surface area contributed by atoms with Gasteiger partial charge in [-0.25, -0.2) is 9.97 Å². The maximum Gasteiger partial charge on any atom is 0.275 e. The molecule has 7 nitrogen and oxygen atoms in total. The van der Waals surface area contributed by atoms with Crippen LogP contribution in [0.25, 0.3) is 15.2 Å². The number of thiazole rings is 1. The van der Waals surface area contributed by atoms with Crippen molar-refractivity contribution < 1.29 is 4.79 Å². The smallest absolute Gasteiger partial charge is 0.275 e. The monoisotopic (exact) mass is 479 g/mol. The summed E-state index contributed by atoms with van der Waals surface area (Å²) in [5.41, 5.74) is 3.79. The van der Waals surface area contributed by atoms with E-state index >= 15 is 0 Å². The average molecular weight is 480 g/mol. The first kappa shape index (κ1) is 20.8. The number of anilines is 1. The molecule has 0 saturated heterocycles. The molecular formula is C22H17N5O2S3. The number of aromatic nitrogens is 4. The molecule has 0 fully saturated rings. The summed E-state index contributed by atoms with van der Waals surface area (Å²) in [6.45, 7) is 3.81. The van der Waals surface area contributed by atoms with Crippen LogP contribution >= 0.6 is 34.4 Å². The molecule has 0 atom stereocenters. The molecule has 0 spiro atoms. The second-order valence-corrected chi connectivity index (χ2v) is 10.6. The first-order valence-corrected chi connectivity index (χ1v) is 12.3. The van der Waals surface area contributed by atoms with Crippen LogP contribution < -0.4 is 10.9 Å². The van der Waals surface area contributed by atoms with Crippen molar-refractivity contribution in [1.82, 2.24) is 19.6 Å². The maximum atomic E-state index is 12.5. The fourth-order valence-electron chi connectivity index (χ4n) is 3.19. The zero-order valence-corrected chi connectivity index (χ0v) is 19.6. The van der Waals surface area contributed by atoms with E-state index < -0.39 is 0 Å². The van der Waals surface area contributed by atoms with Crippen molar-refractivity contribution in [2.45, 2.75) is 23.9 Å². The zero-order chi connectivity index (χ0) is 22.2. The molecule has 1 amide bonds. The number of benzene rings is 2. The Morgan fingerprint density at radius 1 is 1.09 bits per heavy atom. The van der Waals surface area contributed by atoms with Gasteiger partial charge in [0, 0.05) is 23.1 Å². The summed E-state index contributed by atoms with van der Waals surface area (Å²) in [6.07, 6.45) is 0. The van der Waals surface area contributed by atoms with Crippen molar-refractivity contribution in [3.8, 4) is 0 Å².